The molecule has 1 aliphatic rings. The van der Waals surface area contributed by atoms with Crippen LogP contribution in [0.4, 0.5) is 0 Å². The van der Waals surface area contributed by atoms with Gasteiger partial charge in [0.1, 0.15) is 6.10 Å². The van der Waals surface area contributed by atoms with Crippen molar-refractivity contribution in [1.82, 2.24) is 0 Å². The minimum absolute atomic E-state index is 0.104. The van der Waals surface area contributed by atoms with Crippen molar-refractivity contribution in [2.24, 2.45) is 0 Å². The number of hydrogen-bond acceptors (Lipinski definition) is 11. The van der Waals surface area contributed by atoms with Crippen LogP contribution in [0.3, 0.4) is 0 Å². The fourth-order valence-corrected chi connectivity index (χ4v) is 5.39. The summed E-state index contributed by atoms with van der Waals surface area (Å²) in [5, 5.41) is 47.3. The summed E-state index contributed by atoms with van der Waals surface area (Å²) in [6, 6.07) is 0. The summed E-state index contributed by atoms with van der Waals surface area (Å²) < 4.78 is 42.8. The van der Waals surface area contributed by atoms with Crippen LogP contribution >= 0.6 is 7.82 Å². The van der Waals surface area contributed by atoms with Crippen LogP contribution in [0.5, 0.6) is 0 Å². The Morgan fingerprint density at radius 2 is 1.63 bits per heavy atom. The van der Waals surface area contributed by atoms with Gasteiger partial charge < -0.3 is 10.2 Å². The summed E-state index contributed by atoms with van der Waals surface area (Å²) >= 11 is -3.13. The Morgan fingerprint density at radius 1 is 1.07 bits per heavy atom. The Labute approximate surface area is 158 Å². The van der Waals surface area contributed by atoms with E-state index in [1.54, 1.807) is 11.4 Å². The van der Waals surface area contributed by atoms with E-state index in [0.717, 1.165) is 0 Å². The van der Waals surface area contributed by atoms with E-state index in [1.807, 2.05) is 0 Å². The molecule has 0 bridgehead atoms. The predicted octanol–water partition coefficient (Wildman–Crippen LogP) is -2.07. The average molecular weight is 482 g/mol. The third kappa shape index (κ3) is 9.49. The van der Waals surface area contributed by atoms with Gasteiger partial charge in [-0.1, -0.05) is 0 Å². The van der Waals surface area contributed by atoms with E-state index in [4.69, 9.17) is 19.7 Å². The van der Waals surface area contributed by atoms with Crippen molar-refractivity contribution in [1.29, 1.82) is 0 Å². The van der Waals surface area contributed by atoms with Crippen LogP contribution in [0.1, 0.15) is 0 Å². The first-order chi connectivity index (χ1) is 12.3. The summed E-state index contributed by atoms with van der Waals surface area (Å²) in [5.41, 5.74) is 3.15. The normalized spacial score (nSPS) is 30.8. The predicted molar refractivity (Wildman–Crippen MR) is 90.4 cm³/mol. The molecule has 6 N–H and O–H groups in total. The van der Waals surface area contributed by atoms with Crippen LogP contribution in [0, 0.1) is 0 Å². The molecule has 0 aliphatic carbocycles. The van der Waals surface area contributed by atoms with Crippen molar-refractivity contribution in [3.63, 3.8) is 0 Å². The van der Waals surface area contributed by atoms with Crippen LogP contribution in [0.15, 0.2) is 0 Å². The Kier molecular flexibility index (Phi) is 10.1. The zero-order chi connectivity index (χ0) is 20.8. The average Bonchev–Trinajstić information content (AvgIpc) is 2.82. The Morgan fingerprint density at radius 3 is 2.15 bits per heavy atom. The molecule has 0 spiro atoms. The number of ether oxygens (including phenoxy) is 2. The molecule has 0 aromatic heterocycles. The van der Waals surface area contributed by atoms with Gasteiger partial charge in [0.25, 0.3) is 0 Å². The fourth-order valence-electron chi connectivity index (χ4n) is 2.14. The van der Waals surface area contributed by atoms with Crippen molar-refractivity contribution in [2.45, 2.75) is 53.4 Å². The summed E-state index contributed by atoms with van der Waals surface area (Å²) in [5.74, 6) is 0. The van der Waals surface area contributed by atoms with Gasteiger partial charge in [-0.3, -0.25) is 0 Å². The molecule has 1 saturated heterocycles. The van der Waals surface area contributed by atoms with Gasteiger partial charge in [0, 0.05) is 0 Å². The SMILES string of the molecule is C[As](C)(=O)C[C@H]1O[C@@H](OCC(O)COP(=O)(O)OCC(O)CO)[C@H](O)[C@@H]1O. The molecule has 1 rings (SSSR count). The number of phosphoric ester groups is 1. The van der Waals surface area contributed by atoms with Crippen molar-refractivity contribution in [2.75, 3.05) is 26.4 Å². The van der Waals surface area contributed by atoms with Crippen LogP contribution in [-0.2, 0) is 26.8 Å². The second kappa shape index (κ2) is 10.8. The first-order valence-electron chi connectivity index (χ1n) is 8.10. The van der Waals surface area contributed by atoms with E-state index in [-0.39, 0.29) is 5.21 Å². The molecule has 27 heavy (non-hydrogen) atoms. The summed E-state index contributed by atoms with van der Waals surface area (Å²) in [4.78, 5) is 9.35. The molecule has 3 unspecified atom stereocenters. The van der Waals surface area contributed by atoms with Crippen molar-refractivity contribution in [3.05, 3.63) is 0 Å². The van der Waals surface area contributed by atoms with E-state index < -0.39 is 84.6 Å². The van der Waals surface area contributed by atoms with E-state index in [2.05, 4.69) is 9.05 Å². The number of aliphatic hydroxyl groups is 5. The van der Waals surface area contributed by atoms with Gasteiger partial charge in [-0.25, -0.2) is 0 Å². The van der Waals surface area contributed by atoms with Crippen molar-refractivity contribution in [3.8, 4) is 0 Å². The second-order valence-electron chi connectivity index (χ2n) is 6.66. The van der Waals surface area contributed by atoms with Crippen molar-refractivity contribution >= 4 is 21.3 Å². The van der Waals surface area contributed by atoms with E-state index in [1.165, 1.54) is 0 Å². The first kappa shape index (κ1) is 25.2. The van der Waals surface area contributed by atoms with Crippen LogP contribution in [0.2, 0.25) is 16.6 Å². The molecule has 14 heteroatoms. The molecule has 1 heterocycles. The van der Waals surface area contributed by atoms with Gasteiger partial charge >= 0.3 is 136 Å². The molecule has 0 radical (unpaired) electrons. The monoisotopic (exact) mass is 482 g/mol. The molecule has 0 amide bonds. The number of hydrogen-bond donors (Lipinski definition) is 6. The molecule has 0 aromatic rings. The third-order valence-electron chi connectivity index (χ3n) is 3.46. The summed E-state index contributed by atoms with van der Waals surface area (Å²) in [7, 11) is -4.55. The van der Waals surface area contributed by atoms with Crippen LogP contribution < -0.4 is 0 Å². The van der Waals surface area contributed by atoms with Crippen LogP contribution in [-0.4, -0.2) is 107 Å². The quantitative estimate of drug-likeness (QED) is 0.132. The molecular formula is C13H28AsO12P. The van der Waals surface area contributed by atoms with Crippen LogP contribution in [0.25, 0.3) is 0 Å². The molecule has 7 atom stereocenters. The third-order valence-corrected chi connectivity index (χ3v) is 7.01. The zero-order valence-electron chi connectivity index (χ0n) is 15.0. The standard InChI is InChI=1S/C13H28AsO12P/c1-14(2,20)3-10-11(18)12(19)13(26-10)23-5-9(17)7-25-27(21,22)24-6-8(16)4-15/h8-13,15-19H,3-7H2,1-2H3,(H,21,22)/t8?,9?,10-,11-,12-,13-/m1/s1. The topological polar surface area (TPSA) is 192 Å². The van der Waals surface area contributed by atoms with Gasteiger partial charge in [0.15, 0.2) is 0 Å². The molecule has 1 fully saturated rings. The molecule has 0 saturated carbocycles. The molecule has 162 valence electrons. The zero-order valence-corrected chi connectivity index (χ0v) is 17.8. The van der Waals surface area contributed by atoms with Gasteiger partial charge in [-0.15, -0.1) is 0 Å². The van der Waals surface area contributed by atoms with Gasteiger partial charge in [0.2, 0.25) is 0 Å². The molecule has 0 aromatic carbocycles. The number of phosphoric acid groups is 1. The van der Waals surface area contributed by atoms with Gasteiger partial charge in [0.05, 0.1) is 6.61 Å². The molecule has 1 aliphatic heterocycles. The van der Waals surface area contributed by atoms with E-state index in [9.17, 15) is 28.5 Å². The summed E-state index contributed by atoms with van der Waals surface area (Å²) in [6.45, 7) is -2.43. The molecule has 12 nitrogen and oxygen atoms in total. The fraction of sp³-hybridized carbons (Fsp3) is 1.00. The van der Waals surface area contributed by atoms with Crippen molar-refractivity contribution < 1.29 is 57.3 Å². The van der Waals surface area contributed by atoms with E-state index in [0.29, 0.717) is 0 Å². The number of aliphatic hydroxyl groups excluding tert-OH is 5. The van der Waals surface area contributed by atoms with E-state index >= 15 is 0 Å². The summed E-state index contributed by atoms with van der Waals surface area (Å²) in [6.07, 6.45) is -7.57. The molecular weight excluding hydrogens is 454 g/mol. The Hall–Kier alpha value is 0.188. The second-order valence-corrected chi connectivity index (χ2v) is 15.5. The maximum absolute atomic E-state index is 11.9. The Balaban J connectivity index is 2.38. The maximum atomic E-state index is 11.9. The number of rotatable bonds is 12. The van der Waals surface area contributed by atoms with Gasteiger partial charge in [-0.2, -0.15) is 0 Å². The first-order valence-corrected chi connectivity index (χ1v) is 15.4. The minimum atomic E-state index is -4.55. The Bertz CT molecular complexity index is 541. The van der Waals surface area contributed by atoms with Gasteiger partial charge in [-0.05, 0) is 0 Å².